The number of carbonyl (C=O) groups is 1. The summed E-state index contributed by atoms with van der Waals surface area (Å²) < 4.78 is 0. The number of amides is 1. The summed E-state index contributed by atoms with van der Waals surface area (Å²) in [5.74, 6) is 0.827. The van der Waals surface area contributed by atoms with Crippen molar-refractivity contribution in [3.8, 4) is 0 Å². The van der Waals surface area contributed by atoms with E-state index in [-0.39, 0.29) is 17.5 Å². The van der Waals surface area contributed by atoms with Crippen LogP contribution in [0.5, 0.6) is 0 Å². The minimum Gasteiger partial charge on any atom is -0.355 e. The first-order valence-electron chi connectivity index (χ1n) is 8.23. The van der Waals surface area contributed by atoms with E-state index in [1.54, 1.807) is 36.8 Å². The third-order valence-corrected chi connectivity index (χ3v) is 4.52. The van der Waals surface area contributed by atoms with Crippen LogP contribution >= 0.6 is 0 Å². The third kappa shape index (κ3) is 3.23. The van der Waals surface area contributed by atoms with E-state index < -0.39 is 0 Å². The number of hydrogen-bond donors (Lipinski definition) is 3. The largest absolute Gasteiger partial charge is 0.355 e. The molecule has 0 atom stereocenters. The molecule has 0 radical (unpaired) electrons. The van der Waals surface area contributed by atoms with Gasteiger partial charge in [-0.05, 0) is 31.0 Å². The van der Waals surface area contributed by atoms with Crippen LogP contribution in [0.2, 0.25) is 0 Å². The smallest absolute Gasteiger partial charge is 0.323 e. The van der Waals surface area contributed by atoms with Crippen molar-refractivity contribution in [3.05, 3.63) is 47.3 Å². The molecule has 1 amide bonds. The van der Waals surface area contributed by atoms with Crippen LogP contribution in [0.1, 0.15) is 12.8 Å². The number of aromatic amines is 2. The lowest BCUT2D eigenvalue weighted by atomic mass is 9.96. The fourth-order valence-electron chi connectivity index (χ4n) is 3.18. The van der Waals surface area contributed by atoms with Gasteiger partial charge in [-0.3, -0.25) is 9.78 Å². The van der Waals surface area contributed by atoms with E-state index in [9.17, 15) is 9.59 Å². The zero-order valence-electron chi connectivity index (χ0n) is 13.5. The highest BCUT2D eigenvalue weighted by atomic mass is 16.2. The summed E-state index contributed by atoms with van der Waals surface area (Å²) in [6.45, 7) is 1.56. The Balaban J connectivity index is 1.39. The highest BCUT2D eigenvalue weighted by molar-refractivity contribution is 5.94. The normalized spacial score (nSPS) is 15.4. The van der Waals surface area contributed by atoms with Crippen molar-refractivity contribution in [2.75, 3.05) is 23.3 Å². The molecule has 0 unspecified atom stereocenters. The lowest BCUT2D eigenvalue weighted by molar-refractivity contribution is -0.120. The van der Waals surface area contributed by atoms with Crippen molar-refractivity contribution in [2.45, 2.75) is 12.8 Å². The fourth-order valence-corrected chi connectivity index (χ4v) is 3.18. The van der Waals surface area contributed by atoms with Crippen molar-refractivity contribution in [1.82, 2.24) is 19.9 Å². The lowest BCUT2D eigenvalue weighted by Crippen LogP contribution is -2.38. The van der Waals surface area contributed by atoms with Crippen LogP contribution in [0.25, 0.3) is 11.0 Å². The molecule has 1 aromatic carbocycles. The van der Waals surface area contributed by atoms with Gasteiger partial charge in [-0.25, -0.2) is 9.78 Å². The van der Waals surface area contributed by atoms with Gasteiger partial charge >= 0.3 is 5.69 Å². The van der Waals surface area contributed by atoms with Crippen molar-refractivity contribution >= 4 is 28.4 Å². The quantitative estimate of drug-likeness (QED) is 0.671. The van der Waals surface area contributed by atoms with Crippen LogP contribution in [0, 0.1) is 5.92 Å². The Kier molecular flexibility index (Phi) is 3.93. The number of anilines is 2. The second-order valence-electron chi connectivity index (χ2n) is 6.15. The molecule has 0 bridgehead atoms. The number of carbonyl (C=O) groups excluding carboxylic acids is 1. The Labute approximate surface area is 143 Å². The molecule has 25 heavy (non-hydrogen) atoms. The number of hydrogen-bond acceptors (Lipinski definition) is 5. The Morgan fingerprint density at radius 2 is 1.96 bits per heavy atom. The minimum atomic E-state index is -0.255. The standard InChI is InChI=1S/C17H18N6O2/c24-16(20-12-1-2-13-14(9-12)22-17(25)21-13)11-3-7-23(8-4-11)15-10-18-5-6-19-15/h1-2,5-6,9-11H,3-4,7-8H2,(H,20,24)(H2,21,22,25). The average Bonchev–Trinajstić information content (AvgIpc) is 3.02. The van der Waals surface area contributed by atoms with E-state index in [1.807, 2.05) is 0 Å². The number of imidazole rings is 1. The summed E-state index contributed by atoms with van der Waals surface area (Å²) in [7, 11) is 0. The molecule has 3 aromatic rings. The molecule has 4 rings (SSSR count). The number of nitrogens with one attached hydrogen (secondary N) is 3. The number of aromatic nitrogens is 4. The number of rotatable bonds is 3. The number of benzene rings is 1. The van der Waals surface area contributed by atoms with Gasteiger partial charge in [0.2, 0.25) is 5.91 Å². The maximum absolute atomic E-state index is 12.5. The Bertz CT molecular complexity index is 940. The highest BCUT2D eigenvalue weighted by Crippen LogP contribution is 2.23. The van der Waals surface area contributed by atoms with Crippen LogP contribution in [0.15, 0.2) is 41.6 Å². The maximum atomic E-state index is 12.5. The molecule has 3 heterocycles. The van der Waals surface area contributed by atoms with Crippen LogP contribution in [0.3, 0.4) is 0 Å². The lowest BCUT2D eigenvalue weighted by Gasteiger charge is -2.31. The molecule has 0 saturated carbocycles. The predicted molar refractivity (Wildman–Crippen MR) is 94.5 cm³/mol. The molecule has 2 aromatic heterocycles. The highest BCUT2D eigenvalue weighted by Gasteiger charge is 2.25. The van der Waals surface area contributed by atoms with Gasteiger partial charge in [-0.1, -0.05) is 0 Å². The van der Waals surface area contributed by atoms with Crippen LogP contribution in [-0.2, 0) is 4.79 Å². The predicted octanol–water partition coefficient (Wildman–Crippen LogP) is 1.50. The summed E-state index contributed by atoms with van der Waals surface area (Å²) >= 11 is 0. The molecule has 1 aliphatic rings. The van der Waals surface area contributed by atoms with Gasteiger partial charge in [0.05, 0.1) is 17.2 Å². The van der Waals surface area contributed by atoms with E-state index >= 15 is 0 Å². The van der Waals surface area contributed by atoms with E-state index in [0.717, 1.165) is 37.3 Å². The van der Waals surface area contributed by atoms with Gasteiger partial charge in [-0.2, -0.15) is 0 Å². The first kappa shape index (κ1) is 15.4. The maximum Gasteiger partial charge on any atom is 0.323 e. The Morgan fingerprint density at radius 3 is 2.72 bits per heavy atom. The SMILES string of the molecule is O=C(Nc1ccc2[nH]c(=O)[nH]c2c1)C1CCN(c2cnccn2)CC1. The summed E-state index contributed by atoms with van der Waals surface area (Å²) in [6.07, 6.45) is 6.61. The second kappa shape index (κ2) is 6.39. The molecule has 0 aliphatic carbocycles. The van der Waals surface area contributed by atoms with E-state index in [2.05, 4.69) is 30.2 Å². The van der Waals surface area contributed by atoms with E-state index in [1.165, 1.54) is 0 Å². The molecule has 3 N–H and O–H groups in total. The molecule has 1 saturated heterocycles. The van der Waals surface area contributed by atoms with E-state index in [4.69, 9.17) is 0 Å². The van der Waals surface area contributed by atoms with Crippen LogP contribution < -0.4 is 15.9 Å². The number of fused-ring (bicyclic) bond motifs is 1. The van der Waals surface area contributed by atoms with Gasteiger partial charge < -0.3 is 20.2 Å². The monoisotopic (exact) mass is 338 g/mol. The summed E-state index contributed by atoms with van der Waals surface area (Å²) in [5, 5.41) is 2.95. The first-order valence-corrected chi connectivity index (χ1v) is 8.23. The zero-order chi connectivity index (χ0) is 17.2. The molecular weight excluding hydrogens is 320 g/mol. The molecule has 8 heteroatoms. The number of H-pyrrole nitrogens is 2. The van der Waals surface area contributed by atoms with Crippen LogP contribution in [-0.4, -0.2) is 38.9 Å². The average molecular weight is 338 g/mol. The Morgan fingerprint density at radius 1 is 1.16 bits per heavy atom. The molecule has 1 fully saturated rings. The zero-order valence-corrected chi connectivity index (χ0v) is 13.5. The topological polar surface area (TPSA) is 107 Å². The Hall–Kier alpha value is -3.16. The van der Waals surface area contributed by atoms with Crippen molar-refractivity contribution in [3.63, 3.8) is 0 Å². The minimum absolute atomic E-state index is 0.0102. The molecule has 0 spiro atoms. The van der Waals surface area contributed by atoms with Crippen molar-refractivity contribution < 1.29 is 4.79 Å². The second-order valence-corrected chi connectivity index (χ2v) is 6.15. The first-order chi connectivity index (χ1) is 12.2. The van der Waals surface area contributed by atoms with Gasteiger partial charge in [0.1, 0.15) is 5.82 Å². The van der Waals surface area contributed by atoms with Gasteiger partial charge in [0, 0.05) is 37.1 Å². The summed E-state index contributed by atoms with van der Waals surface area (Å²) in [5.41, 5.74) is 1.83. The molecular formula is C17H18N6O2. The van der Waals surface area contributed by atoms with Gasteiger partial charge in [-0.15, -0.1) is 0 Å². The molecule has 128 valence electrons. The van der Waals surface area contributed by atoms with Crippen LogP contribution in [0.4, 0.5) is 11.5 Å². The number of piperidine rings is 1. The van der Waals surface area contributed by atoms with Crippen molar-refractivity contribution in [1.29, 1.82) is 0 Å². The summed E-state index contributed by atoms with van der Waals surface area (Å²) in [6, 6.07) is 5.33. The van der Waals surface area contributed by atoms with Crippen molar-refractivity contribution in [2.24, 2.45) is 5.92 Å². The molecule has 8 nitrogen and oxygen atoms in total. The van der Waals surface area contributed by atoms with Gasteiger partial charge in [0.15, 0.2) is 0 Å². The molecule has 1 aliphatic heterocycles. The van der Waals surface area contributed by atoms with Gasteiger partial charge in [0.25, 0.3) is 0 Å². The summed E-state index contributed by atoms with van der Waals surface area (Å²) in [4.78, 5) is 39.7. The fraction of sp³-hybridized carbons (Fsp3) is 0.294. The third-order valence-electron chi connectivity index (χ3n) is 4.52. The van der Waals surface area contributed by atoms with E-state index in [0.29, 0.717) is 11.2 Å². The number of nitrogens with zero attached hydrogens (tertiary/aromatic N) is 3.